The third kappa shape index (κ3) is 2.69. The molecule has 2 aliphatic rings. The molecule has 3 rings (SSSR count). The molecule has 118 valence electrons. The second-order valence-corrected chi connectivity index (χ2v) is 6.12. The van der Waals surface area contributed by atoms with Crippen LogP contribution in [0.3, 0.4) is 0 Å². The van der Waals surface area contributed by atoms with Gasteiger partial charge >= 0.3 is 5.97 Å². The quantitative estimate of drug-likeness (QED) is 0.725. The zero-order valence-electron chi connectivity index (χ0n) is 11.7. The van der Waals surface area contributed by atoms with Gasteiger partial charge in [0.1, 0.15) is 11.9 Å². The molecule has 1 heterocycles. The summed E-state index contributed by atoms with van der Waals surface area (Å²) in [7, 11) is 0. The lowest BCUT2D eigenvalue weighted by molar-refractivity contribution is -0.132. The number of aliphatic hydroxyl groups excluding tert-OH is 1. The second-order valence-electron chi connectivity index (χ2n) is 5.16. The Bertz CT molecular complexity index is 791. The number of aliphatic hydroxyl groups is 1. The standard InChI is InChI=1S/C16H12BrNO5/c17-12-7-18(8-1-3-9(19)4-2-8)6-11-10(16(22)23)5-13(20)15(21)14(11)12/h1-6,13,19-20H,7H2,(H,22,23). The molecule has 1 aliphatic carbocycles. The summed E-state index contributed by atoms with van der Waals surface area (Å²) in [6.07, 6.45) is 1.15. The monoisotopic (exact) mass is 377 g/mol. The van der Waals surface area contributed by atoms with Crippen molar-refractivity contribution in [3.05, 3.63) is 57.7 Å². The molecule has 1 unspecified atom stereocenters. The van der Waals surface area contributed by atoms with Crippen LogP contribution in [0.25, 0.3) is 0 Å². The van der Waals surface area contributed by atoms with E-state index in [1.807, 2.05) is 0 Å². The van der Waals surface area contributed by atoms with E-state index in [1.165, 1.54) is 12.1 Å². The van der Waals surface area contributed by atoms with Gasteiger partial charge in [-0.3, -0.25) is 4.79 Å². The SMILES string of the molecule is O=C(O)C1=CC(O)C(=O)C2=C(Br)CN(c3ccc(O)cc3)C=C12. The molecular formula is C16H12BrNO5. The van der Waals surface area contributed by atoms with Gasteiger partial charge in [0.25, 0.3) is 0 Å². The van der Waals surface area contributed by atoms with Crippen molar-refractivity contribution in [2.75, 3.05) is 11.4 Å². The van der Waals surface area contributed by atoms with E-state index in [4.69, 9.17) is 0 Å². The number of ketones is 1. The van der Waals surface area contributed by atoms with Crippen molar-refractivity contribution >= 4 is 33.4 Å². The fraction of sp³-hybridized carbons (Fsp3) is 0.125. The first-order valence-electron chi connectivity index (χ1n) is 6.72. The molecular weight excluding hydrogens is 366 g/mol. The fourth-order valence-electron chi connectivity index (χ4n) is 2.58. The summed E-state index contributed by atoms with van der Waals surface area (Å²) in [4.78, 5) is 25.3. The Labute approximate surface area is 139 Å². The van der Waals surface area contributed by atoms with Crippen LogP contribution in [0.4, 0.5) is 5.69 Å². The highest BCUT2D eigenvalue weighted by atomic mass is 79.9. The lowest BCUT2D eigenvalue weighted by Gasteiger charge is -2.31. The second kappa shape index (κ2) is 5.68. The number of fused-ring (bicyclic) bond motifs is 1. The minimum absolute atomic E-state index is 0.118. The van der Waals surface area contributed by atoms with Gasteiger partial charge in [0.2, 0.25) is 0 Å². The third-order valence-electron chi connectivity index (χ3n) is 3.68. The molecule has 6 nitrogen and oxygen atoms in total. The van der Waals surface area contributed by atoms with Crippen LogP contribution in [-0.4, -0.2) is 39.7 Å². The number of halogens is 1. The summed E-state index contributed by atoms with van der Waals surface area (Å²) in [6.45, 7) is 0.314. The van der Waals surface area contributed by atoms with Crippen molar-refractivity contribution in [2.24, 2.45) is 0 Å². The number of Topliss-reactive ketones (excluding diaryl/α,β-unsaturated/α-hetero) is 1. The van der Waals surface area contributed by atoms with Gasteiger partial charge in [-0.15, -0.1) is 0 Å². The van der Waals surface area contributed by atoms with Crippen molar-refractivity contribution < 1.29 is 24.9 Å². The topological polar surface area (TPSA) is 98.1 Å². The van der Waals surface area contributed by atoms with E-state index >= 15 is 0 Å². The minimum Gasteiger partial charge on any atom is -0.508 e. The highest BCUT2D eigenvalue weighted by Gasteiger charge is 2.36. The van der Waals surface area contributed by atoms with E-state index in [9.17, 15) is 24.9 Å². The zero-order chi connectivity index (χ0) is 16.7. The minimum atomic E-state index is -1.46. The van der Waals surface area contributed by atoms with Crippen molar-refractivity contribution in [3.8, 4) is 5.75 Å². The number of nitrogens with zero attached hydrogens (tertiary/aromatic N) is 1. The number of carboxylic acid groups (broad SMARTS) is 1. The Kier molecular flexibility index (Phi) is 3.83. The lowest BCUT2D eigenvalue weighted by Crippen LogP contribution is -2.34. The Morgan fingerprint density at radius 1 is 1.26 bits per heavy atom. The van der Waals surface area contributed by atoms with E-state index in [-0.39, 0.29) is 22.5 Å². The van der Waals surface area contributed by atoms with E-state index in [0.29, 0.717) is 11.0 Å². The first kappa shape index (κ1) is 15.5. The molecule has 0 saturated heterocycles. The molecule has 0 spiro atoms. The number of anilines is 1. The van der Waals surface area contributed by atoms with Gasteiger partial charge in [-0.25, -0.2) is 4.79 Å². The summed E-state index contributed by atoms with van der Waals surface area (Å²) in [6, 6.07) is 6.40. The average Bonchev–Trinajstić information content (AvgIpc) is 2.50. The number of hydrogen-bond acceptors (Lipinski definition) is 5. The van der Waals surface area contributed by atoms with Crippen LogP contribution in [0.2, 0.25) is 0 Å². The molecule has 0 saturated carbocycles. The van der Waals surface area contributed by atoms with Crippen molar-refractivity contribution in [1.82, 2.24) is 0 Å². The molecule has 0 radical (unpaired) electrons. The largest absolute Gasteiger partial charge is 0.508 e. The number of hydrogen-bond donors (Lipinski definition) is 3. The van der Waals surface area contributed by atoms with Crippen LogP contribution >= 0.6 is 15.9 Å². The van der Waals surface area contributed by atoms with Gasteiger partial charge < -0.3 is 20.2 Å². The molecule has 1 aliphatic heterocycles. The summed E-state index contributed by atoms with van der Waals surface area (Å²) >= 11 is 3.32. The summed E-state index contributed by atoms with van der Waals surface area (Å²) in [5.41, 5.74) is 1.05. The number of carbonyl (C=O) groups is 2. The molecule has 23 heavy (non-hydrogen) atoms. The number of aliphatic carboxylic acids is 1. The number of phenols is 1. The van der Waals surface area contributed by atoms with Crippen molar-refractivity contribution in [3.63, 3.8) is 0 Å². The zero-order valence-corrected chi connectivity index (χ0v) is 13.3. The molecule has 0 bridgehead atoms. The predicted octanol–water partition coefficient (Wildman–Crippen LogP) is 1.70. The highest BCUT2D eigenvalue weighted by Crippen LogP contribution is 2.37. The van der Waals surface area contributed by atoms with E-state index < -0.39 is 17.9 Å². The van der Waals surface area contributed by atoms with Gasteiger partial charge in [-0.2, -0.15) is 0 Å². The molecule has 0 fully saturated rings. The highest BCUT2D eigenvalue weighted by molar-refractivity contribution is 9.11. The maximum atomic E-state index is 12.2. The smallest absolute Gasteiger partial charge is 0.336 e. The molecule has 3 N–H and O–H groups in total. The van der Waals surface area contributed by atoms with Gasteiger partial charge in [0, 0.05) is 27.5 Å². The maximum absolute atomic E-state index is 12.2. The van der Waals surface area contributed by atoms with E-state index in [2.05, 4.69) is 15.9 Å². The Morgan fingerprint density at radius 3 is 2.52 bits per heavy atom. The van der Waals surface area contributed by atoms with Crippen LogP contribution in [0.1, 0.15) is 0 Å². The lowest BCUT2D eigenvalue weighted by atomic mass is 9.85. The Morgan fingerprint density at radius 2 is 1.91 bits per heavy atom. The van der Waals surface area contributed by atoms with Crippen LogP contribution in [0.15, 0.2) is 57.7 Å². The van der Waals surface area contributed by atoms with E-state index in [1.54, 1.807) is 23.2 Å². The van der Waals surface area contributed by atoms with Gasteiger partial charge in [0.15, 0.2) is 5.78 Å². The number of carboxylic acids is 1. The van der Waals surface area contributed by atoms with Crippen molar-refractivity contribution in [1.29, 1.82) is 0 Å². The predicted molar refractivity (Wildman–Crippen MR) is 86.2 cm³/mol. The first-order chi connectivity index (χ1) is 10.9. The van der Waals surface area contributed by atoms with Gasteiger partial charge in [-0.05, 0) is 30.3 Å². The first-order valence-corrected chi connectivity index (χ1v) is 7.52. The number of benzene rings is 1. The maximum Gasteiger partial charge on any atom is 0.336 e. The molecule has 1 aromatic rings. The van der Waals surface area contributed by atoms with Crippen LogP contribution in [0.5, 0.6) is 5.75 Å². The number of carbonyl (C=O) groups excluding carboxylic acids is 1. The fourth-order valence-corrected chi connectivity index (χ4v) is 3.26. The molecule has 0 aromatic heterocycles. The normalized spacial score (nSPS) is 20.9. The van der Waals surface area contributed by atoms with Crippen LogP contribution < -0.4 is 4.90 Å². The summed E-state index contributed by atoms with van der Waals surface area (Å²) in [5, 5.41) is 28.5. The number of phenolic OH excluding ortho intramolecular Hbond substituents is 1. The summed E-state index contributed by atoms with van der Waals surface area (Å²) in [5.74, 6) is -1.62. The van der Waals surface area contributed by atoms with Gasteiger partial charge in [-0.1, -0.05) is 15.9 Å². The Hall–Kier alpha value is -2.38. The molecule has 1 atom stereocenters. The average molecular weight is 378 g/mol. The van der Waals surface area contributed by atoms with Gasteiger partial charge in [0.05, 0.1) is 12.1 Å². The molecule has 7 heteroatoms. The number of rotatable bonds is 2. The third-order valence-corrected chi connectivity index (χ3v) is 4.32. The number of aromatic hydroxyl groups is 1. The van der Waals surface area contributed by atoms with Crippen LogP contribution in [-0.2, 0) is 9.59 Å². The Balaban J connectivity index is 2.11. The van der Waals surface area contributed by atoms with E-state index in [0.717, 1.165) is 11.8 Å². The molecule has 1 aromatic carbocycles. The molecule has 0 amide bonds. The van der Waals surface area contributed by atoms with Crippen LogP contribution in [0, 0.1) is 0 Å². The summed E-state index contributed by atoms with van der Waals surface area (Å²) < 4.78 is 0.499. The van der Waals surface area contributed by atoms with Crippen molar-refractivity contribution in [2.45, 2.75) is 6.10 Å².